The quantitative estimate of drug-likeness (QED) is 0.685. The van der Waals surface area contributed by atoms with Gasteiger partial charge >= 0.3 is 0 Å². The minimum atomic E-state index is -3.73. The number of nitrogens with one attached hydrogen (secondary N) is 1. The number of benzene rings is 1. The molecule has 7 nitrogen and oxygen atoms in total. The maximum atomic E-state index is 12.9. The number of rotatable bonds is 6. The highest BCUT2D eigenvalue weighted by atomic mass is 79.9. The number of halogens is 1. The van der Waals surface area contributed by atoms with Crippen LogP contribution < -0.4 is 10.2 Å². The maximum Gasteiger partial charge on any atom is 0.226 e. The average Bonchev–Trinajstić information content (AvgIpc) is 3.08. The molecule has 0 radical (unpaired) electrons. The van der Waals surface area contributed by atoms with Crippen LogP contribution in [0.15, 0.2) is 39.7 Å². The first-order valence-electron chi connectivity index (χ1n) is 9.30. The molecule has 0 saturated carbocycles. The number of carbonyl (C=O) groups excluding carboxylic acids is 2. The molecule has 29 heavy (non-hydrogen) atoms. The van der Waals surface area contributed by atoms with Crippen LogP contribution in [0, 0.1) is 6.92 Å². The minimum Gasteiger partial charge on any atom is -0.312 e. The zero-order valence-electron chi connectivity index (χ0n) is 16.2. The van der Waals surface area contributed by atoms with Crippen molar-refractivity contribution in [2.45, 2.75) is 38.0 Å². The second-order valence-corrected chi connectivity index (χ2v) is 9.77. The number of anilines is 2. The van der Waals surface area contributed by atoms with E-state index in [1.54, 1.807) is 43.0 Å². The van der Waals surface area contributed by atoms with E-state index in [0.29, 0.717) is 35.4 Å². The predicted molar refractivity (Wildman–Crippen MR) is 115 cm³/mol. The zero-order valence-corrected chi connectivity index (χ0v) is 18.6. The number of sulfone groups is 1. The second kappa shape index (κ2) is 8.62. The molecule has 1 N–H and O–H groups in total. The average molecular weight is 480 g/mol. The lowest BCUT2D eigenvalue weighted by atomic mass is 10.2. The van der Waals surface area contributed by atoms with Gasteiger partial charge in [0.05, 0.1) is 10.6 Å². The number of fused-ring (bicyclic) bond motifs is 1. The molecule has 0 aliphatic carbocycles. The van der Waals surface area contributed by atoms with Gasteiger partial charge in [-0.25, -0.2) is 13.4 Å². The number of pyridine rings is 1. The molecule has 2 aromatic rings. The Balaban J connectivity index is 1.76. The first kappa shape index (κ1) is 21.4. The van der Waals surface area contributed by atoms with E-state index in [2.05, 4.69) is 26.2 Å². The molecule has 1 aromatic heterocycles. The number of carbonyl (C=O) groups is 2. The molecule has 0 unspecified atom stereocenters. The first-order chi connectivity index (χ1) is 13.7. The van der Waals surface area contributed by atoms with Gasteiger partial charge in [0.1, 0.15) is 5.82 Å². The van der Waals surface area contributed by atoms with Crippen molar-refractivity contribution < 1.29 is 18.0 Å². The van der Waals surface area contributed by atoms with Crippen molar-refractivity contribution in [1.29, 1.82) is 0 Å². The van der Waals surface area contributed by atoms with Gasteiger partial charge in [0.2, 0.25) is 11.8 Å². The van der Waals surface area contributed by atoms with Crippen molar-refractivity contribution in [3.63, 3.8) is 0 Å². The zero-order chi connectivity index (χ0) is 21.2. The number of nitrogens with zero attached hydrogens (tertiary/aromatic N) is 2. The van der Waals surface area contributed by atoms with Crippen LogP contribution in [0.2, 0.25) is 0 Å². The number of aryl methyl sites for hydroxylation is 1. The van der Waals surface area contributed by atoms with Crippen LogP contribution in [0.5, 0.6) is 0 Å². The Hall–Kier alpha value is -2.26. The van der Waals surface area contributed by atoms with Crippen molar-refractivity contribution in [3.8, 4) is 0 Å². The third-order valence-corrected chi connectivity index (χ3v) is 7.39. The highest BCUT2D eigenvalue weighted by Crippen LogP contribution is 2.36. The van der Waals surface area contributed by atoms with E-state index in [1.165, 1.54) is 6.07 Å². The van der Waals surface area contributed by atoms with Gasteiger partial charge in [-0.2, -0.15) is 0 Å². The Morgan fingerprint density at radius 2 is 2.03 bits per heavy atom. The highest BCUT2D eigenvalue weighted by Gasteiger charge is 2.28. The first-order valence-corrected chi connectivity index (χ1v) is 11.7. The monoisotopic (exact) mass is 479 g/mol. The fourth-order valence-corrected chi connectivity index (χ4v) is 5.68. The largest absolute Gasteiger partial charge is 0.312 e. The van der Waals surface area contributed by atoms with Crippen LogP contribution in [0.3, 0.4) is 0 Å². The molecule has 0 bridgehead atoms. The van der Waals surface area contributed by atoms with Crippen molar-refractivity contribution >= 4 is 49.1 Å². The van der Waals surface area contributed by atoms with Gasteiger partial charge in [-0.1, -0.05) is 13.0 Å². The van der Waals surface area contributed by atoms with Crippen molar-refractivity contribution in [1.82, 2.24) is 4.98 Å². The van der Waals surface area contributed by atoms with Crippen molar-refractivity contribution in [2.75, 3.05) is 22.5 Å². The summed E-state index contributed by atoms with van der Waals surface area (Å²) in [5, 5.41) is 2.61. The summed E-state index contributed by atoms with van der Waals surface area (Å²) in [6.45, 7) is 4.13. The summed E-state index contributed by atoms with van der Waals surface area (Å²) in [6.07, 6.45) is 0.843. The topological polar surface area (TPSA) is 96.4 Å². The molecule has 1 aromatic carbocycles. The molecule has 1 aliphatic rings. The predicted octanol–water partition coefficient (Wildman–Crippen LogP) is 3.25. The molecular weight excluding hydrogens is 458 g/mol. The normalized spacial score (nSPS) is 13.3. The molecule has 3 rings (SSSR count). The minimum absolute atomic E-state index is 0.0422. The van der Waals surface area contributed by atoms with Gasteiger partial charge in [-0.15, -0.1) is 0 Å². The van der Waals surface area contributed by atoms with Gasteiger partial charge in [-0.3, -0.25) is 9.59 Å². The second-order valence-electron chi connectivity index (χ2n) is 6.84. The SMILES string of the molecule is CCC(=O)N1CCc2cc(Br)c(S(=O)(=O)CCC(=O)Nc3cccc(C)n3)cc21. The van der Waals surface area contributed by atoms with Crippen LogP contribution >= 0.6 is 15.9 Å². The lowest BCUT2D eigenvalue weighted by Crippen LogP contribution is -2.28. The lowest BCUT2D eigenvalue weighted by Gasteiger charge is -2.18. The van der Waals surface area contributed by atoms with Gasteiger partial charge in [0.25, 0.3) is 0 Å². The van der Waals surface area contributed by atoms with Crippen LogP contribution in [-0.4, -0.2) is 37.5 Å². The van der Waals surface area contributed by atoms with Gasteiger partial charge < -0.3 is 10.2 Å². The van der Waals surface area contributed by atoms with E-state index < -0.39 is 15.7 Å². The van der Waals surface area contributed by atoms with Crippen LogP contribution in [0.4, 0.5) is 11.5 Å². The Labute approximate surface area is 178 Å². The molecule has 2 heterocycles. The summed E-state index contributed by atoms with van der Waals surface area (Å²) in [7, 11) is -3.73. The Bertz CT molecular complexity index is 1070. The number of amides is 2. The summed E-state index contributed by atoms with van der Waals surface area (Å²) in [4.78, 5) is 30.2. The fraction of sp³-hybridized carbons (Fsp3) is 0.350. The fourth-order valence-electron chi connectivity index (χ4n) is 3.23. The standard InChI is InChI=1S/C20H22BrN3O4S/c1-3-20(26)24-9-7-14-11-15(21)17(12-16(14)24)29(27,28)10-8-19(25)23-18-6-4-5-13(2)22-18/h4-6,11-12H,3,7-10H2,1-2H3,(H,22,23,25). The van der Waals surface area contributed by atoms with E-state index in [-0.39, 0.29) is 23.0 Å². The summed E-state index contributed by atoms with van der Waals surface area (Å²) >= 11 is 3.34. The van der Waals surface area contributed by atoms with E-state index >= 15 is 0 Å². The van der Waals surface area contributed by atoms with E-state index in [1.807, 2.05) is 0 Å². The summed E-state index contributed by atoms with van der Waals surface area (Å²) in [6, 6.07) is 8.50. The van der Waals surface area contributed by atoms with E-state index in [0.717, 1.165) is 11.3 Å². The van der Waals surface area contributed by atoms with Gasteiger partial charge in [0.15, 0.2) is 9.84 Å². The number of hydrogen-bond acceptors (Lipinski definition) is 5. The third-order valence-electron chi connectivity index (χ3n) is 4.72. The van der Waals surface area contributed by atoms with Crippen molar-refractivity contribution in [3.05, 3.63) is 46.1 Å². The molecule has 0 saturated heterocycles. The molecule has 154 valence electrons. The molecular formula is C20H22BrN3O4S. The third kappa shape index (κ3) is 4.84. The van der Waals surface area contributed by atoms with Crippen LogP contribution in [-0.2, 0) is 25.8 Å². The highest BCUT2D eigenvalue weighted by molar-refractivity contribution is 9.10. The smallest absolute Gasteiger partial charge is 0.226 e. The van der Waals surface area contributed by atoms with Crippen molar-refractivity contribution in [2.24, 2.45) is 0 Å². The lowest BCUT2D eigenvalue weighted by molar-refractivity contribution is -0.118. The van der Waals surface area contributed by atoms with Gasteiger partial charge in [0, 0.05) is 35.2 Å². The summed E-state index contributed by atoms with van der Waals surface area (Å²) in [5.74, 6) is -0.421. The maximum absolute atomic E-state index is 12.9. The summed E-state index contributed by atoms with van der Waals surface area (Å²) < 4.78 is 26.2. The molecule has 2 amide bonds. The van der Waals surface area contributed by atoms with E-state index in [4.69, 9.17) is 0 Å². The molecule has 0 spiro atoms. The molecule has 1 aliphatic heterocycles. The van der Waals surface area contributed by atoms with E-state index in [9.17, 15) is 18.0 Å². The van der Waals surface area contributed by atoms with Crippen LogP contribution in [0.1, 0.15) is 31.0 Å². The number of hydrogen-bond donors (Lipinski definition) is 1. The molecule has 0 fully saturated rings. The Morgan fingerprint density at radius 3 is 2.72 bits per heavy atom. The van der Waals surface area contributed by atoms with Crippen LogP contribution in [0.25, 0.3) is 0 Å². The number of aromatic nitrogens is 1. The molecule has 9 heteroatoms. The molecule has 0 atom stereocenters. The Kier molecular flexibility index (Phi) is 6.38. The van der Waals surface area contributed by atoms with Gasteiger partial charge in [-0.05, 0) is 59.1 Å². The summed E-state index contributed by atoms with van der Waals surface area (Å²) in [5.41, 5.74) is 2.32. The Morgan fingerprint density at radius 1 is 1.28 bits per heavy atom.